The Hall–Kier alpha value is -3.60. The van der Waals surface area contributed by atoms with Crippen LogP contribution in [-0.4, -0.2) is 20.7 Å². The Morgan fingerprint density at radius 3 is 2.10 bits per heavy atom. The molecule has 0 radical (unpaired) electrons. The first-order valence-corrected chi connectivity index (χ1v) is 10.1. The number of carbonyl (C=O) groups is 1. The van der Waals surface area contributed by atoms with E-state index >= 15 is 0 Å². The van der Waals surface area contributed by atoms with Crippen LogP contribution in [0.1, 0.15) is 10.4 Å². The molecule has 0 saturated heterocycles. The van der Waals surface area contributed by atoms with Crippen LogP contribution in [0.15, 0.2) is 77.7 Å². The number of para-hydroxylation sites is 2. The van der Waals surface area contributed by atoms with Crippen LogP contribution in [0.3, 0.4) is 0 Å². The fourth-order valence-corrected chi connectivity index (χ4v) is 3.55. The van der Waals surface area contributed by atoms with Gasteiger partial charge in [0.15, 0.2) is 5.75 Å². The van der Waals surface area contributed by atoms with Crippen molar-refractivity contribution < 1.29 is 35.5 Å². The highest BCUT2D eigenvalue weighted by Crippen LogP contribution is 2.30. The lowest BCUT2D eigenvalue weighted by molar-refractivity contribution is -0.274. The van der Waals surface area contributed by atoms with Crippen molar-refractivity contribution in [3.8, 4) is 5.75 Å². The first-order chi connectivity index (χ1) is 14.5. The molecule has 0 aromatic heterocycles. The van der Waals surface area contributed by atoms with E-state index in [1.807, 2.05) is 0 Å². The van der Waals surface area contributed by atoms with Crippen molar-refractivity contribution in [1.29, 1.82) is 0 Å². The van der Waals surface area contributed by atoms with Crippen LogP contribution >= 0.6 is 0 Å². The van der Waals surface area contributed by atoms with Crippen molar-refractivity contribution in [1.82, 2.24) is 0 Å². The second kappa shape index (κ2) is 8.64. The zero-order valence-corrected chi connectivity index (χ0v) is 16.3. The predicted octanol–water partition coefficient (Wildman–Crippen LogP) is 4.78. The van der Waals surface area contributed by atoms with Gasteiger partial charge in [0, 0.05) is 11.3 Å². The molecule has 3 aromatic rings. The van der Waals surface area contributed by atoms with Gasteiger partial charge in [0.05, 0.1) is 10.6 Å². The van der Waals surface area contributed by atoms with E-state index in [1.165, 1.54) is 42.5 Å². The Morgan fingerprint density at radius 1 is 0.871 bits per heavy atom. The molecule has 0 unspecified atom stereocenters. The Bertz CT molecular complexity index is 1180. The van der Waals surface area contributed by atoms with E-state index in [-0.39, 0.29) is 21.8 Å². The molecule has 11 heteroatoms. The number of nitrogens with one attached hydrogen (secondary N) is 2. The maximum Gasteiger partial charge on any atom is 0.573 e. The van der Waals surface area contributed by atoms with E-state index in [0.29, 0.717) is 0 Å². The van der Waals surface area contributed by atoms with E-state index in [1.54, 1.807) is 0 Å². The third-order valence-electron chi connectivity index (χ3n) is 3.88. The predicted molar refractivity (Wildman–Crippen MR) is 105 cm³/mol. The molecule has 6 nitrogen and oxygen atoms in total. The zero-order chi connectivity index (χ0) is 22.6. The lowest BCUT2D eigenvalue weighted by Gasteiger charge is -2.14. The topological polar surface area (TPSA) is 84.5 Å². The van der Waals surface area contributed by atoms with Gasteiger partial charge in [0.25, 0.3) is 15.9 Å². The van der Waals surface area contributed by atoms with E-state index in [2.05, 4.69) is 14.8 Å². The molecule has 0 atom stereocenters. The van der Waals surface area contributed by atoms with Crippen molar-refractivity contribution >= 4 is 27.3 Å². The molecule has 0 aliphatic rings. The fourth-order valence-electron chi connectivity index (χ4n) is 2.50. The summed E-state index contributed by atoms with van der Waals surface area (Å²) in [5, 5.41) is 2.31. The van der Waals surface area contributed by atoms with E-state index in [0.717, 1.165) is 30.3 Å². The molecule has 0 bridgehead atoms. The number of halogens is 4. The quantitative estimate of drug-likeness (QED) is 0.525. The molecule has 0 aliphatic heterocycles. The van der Waals surface area contributed by atoms with Gasteiger partial charge < -0.3 is 10.1 Å². The lowest BCUT2D eigenvalue weighted by Crippen LogP contribution is -2.19. The molecule has 162 valence electrons. The Labute approximate surface area is 174 Å². The van der Waals surface area contributed by atoms with Gasteiger partial charge in [0.1, 0.15) is 5.82 Å². The number of hydrogen-bond donors (Lipinski definition) is 2. The second-order valence-corrected chi connectivity index (χ2v) is 7.82. The summed E-state index contributed by atoms with van der Waals surface area (Å²) in [7, 11) is -3.98. The maximum absolute atomic E-state index is 13.0. The first kappa shape index (κ1) is 22.1. The number of sulfonamides is 1. The molecule has 1 amide bonds. The average Bonchev–Trinajstić information content (AvgIpc) is 2.69. The Kier molecular flexibility index (Phi) is 6.16. The van der Waals surface area contributed by atoms with Crippen molar-refractivity contribution in [2.75, 3.05) is 10.0 Å². The summed E-state index contributed by atoms with van der Waals surface area (Å²) in [5.74, 6) is -1.89. The number of amides is 1. The van der Waals surface area contributed by atoms with Gasteiger partial charge in [-0.25, -0.2) is 12.8 Å². The van der Waals surface area contributed by atoms with Gasteiger partial charge in [-0.15, -0.1) is 13.2 Å². The standard InChI is InChI=1S/C20H14F4N2O4S/c21-14-7-11-16(12-8-14)31(28,29)26-15-9-5-13(6-10-15)19(27)25-17-3-1-2-4-18(17)30-20(22,23)24/h1-12,26H,(H,25,27). The van der Waals surface area contributed by atoms with E-state index in [9.17, 15) is 30.8 Å². The Balaban J connectivity index is 1.72. The van der Waals surface area contributed by atoms with Gasteiger partial charge in [-0.3, -0.25) is 9.52 Å². The monoisotopic (exact) mass is 454 g/mol. The molecule has 0 heterocycles. The van der Waals surface area contributed by atoms with Crippen molar-refractivity contribution in [3.05, 3.63) is 84.2 Å². The largest absolute Gasteiger partial charge is 0.573 e. The molecule has 3 rings (SSSR count). The summed E-state index contributed by atoms with van der Waals surface area (Å²) in [6.07, 6.45) is -4.93. The molecule has 2 N–H and O–H groups in total. The summed E-state index contributed by atoms with van der Waals surface area (Å²) >= 11 is 0. The smallest absolute Gasteiger partial charge is 0.404 e. The summed E-state index contributed by atoms with van der Waals surface area (Å²) in [4.78, 5) is 12.2. The van der Waals surface area contributed by atoms with Crippen molar-refractivity contribution in [3.63, 3.8) is 0 Å². The summed E-state index contributed by atoms with van der Waals surface area (Å²) in [5.41, 5.74) is -0.000800. The van der Waals surface area contributed by atoms with E-state index < -0.39 is 33.9 Å². The van der Waals surface area contributed by atoms with Crippen LogP contribution in [0, 0.1) is 5.82 Å². The van der Waals surface area contributed by atoms with Crippen LogP contribution in [0.25, 0.3) is 0 Å². The second-order valence-electron chi connectivity index (χ2n) is 6.13. The first-order valence-electron chi connectivity index (χ1n) is 8.58. The molecule has 3 aromatic carbocycles. The number of carbonyl (C=O) groups excluding carboxylic acids is 1. The molecular weight excluding hydrogens is 440 g/mol. The number of ether oxygens (including phenoxy) is 1. The highest BCUT2D eigenvalue weighted by atomic mass is 32.2. The minimum absolute atomic E-state index is 0.0616. The van der Waals surface area contributed by atoms with Gasteiger partial charge in [-0.2, -0.15) is 0 Å². The molecule has 0 saturated carbocycles. The summed E-state index contributed by atoms with van der Waals surface area (Å²) < 4.78 is 81.2. The minimum Gasteiger partial charge on any atom is -0.404 e. The van der Waals surface area contributed by atoms with Crippen molar-refractivity contribution in [2.24, 2.45) is 0 Å². The highest BCUT2D eigenvalue weighted by molar-refractivity contribution is 7.92. The Morgan fingerprint density at radius 2 is 1.48 bits per heavy atom. The van der Waals surface area contributed by atoms with Gasteiger partial charge >= 0.3 is 6.36 Å². The average molecular weight is 454 g/mol. The normalized spacial score (nSPS) is 11.6. The summed E-state index contributed by atoms with van der Waals surface area (Å²) in [6, 6.07) is 14.4. The number of benzene rings is 3. The number of anilines is 2. The number of rotatable bonds is 6. The molecule has 0 spiro atoms. The molecular formula is C20H14F4N2O4S. The maximum atomic E-state index is 13.0. The van der Waals surface area contributed by atoms with Crippen LogP contribution in [0.4, 0.5) is 28.9 Å². The highest BCUT2D eigenvalue weighted by Gasteiger charge is 2.32. The lowest BCUT2D eigenvalue weighted by atomic mass is 10.2. The molecule has 0 fully saturated rings. The third kappa shape index (κ3) is 5.95. The van der Waals surface area contributed by atoms with Gasteiger partial charge in [0.2, 0.25) is 0 Å². The van der Waals surface area contributed by atoms with Gasteiger partial charge in [-0.05, 0) is 60.7 Å². The van der Waals surface area contributed by atoms with Gasteiger partial charge in [-0.1, -0.05) is 12.1 Å². The molecule has 0 aliphatic carbocycles. The van der Waals surface area contributed by atoms with Crippen LogP contribution < -0.4 is 14.8 Å². The third-order valence-corrected chi connectivity index (χ3v) is 5.28. The molecule has 31 heavy (non-hydrogen) atoms. The van der Waals surface area contributed by atoms with Crippen LogP contribution in [0.5, 0.6) is 5.75 Å². The SMILES string of the molecule is O=C(Nc1ccccc1OC(F)(F)F)c1ccc(NS(=O)(=O)c2ccc(F)cc2)cc1. The van der Waals surface area contributed by atoms with E-state index in [4.69, 9.17) is 0 Å². The van der Waals surface area contributed by atoms with Crippen molar-refractivity contribution in [2.45, 2.75) is 11.3 Å². The zero-order valence-electron chi connectivity index (χ0n) is 15.5. The van der Waals surface area contributed by atoms with Crippen LogP contribution in [-0.2, 0) is 10.0 Å². The number of alkyl halides is 3. The van der Waals surface area contributed by atoms with Crippen LogP contribution in [0.2, 0.25) is 0 Å². The number of hydrogen-bond acceptors (Lipinski definition) is 4. The minimum atomic E-state index is -4.93. The fraction of sp³-hybridized carbons (Fsp3) is 0.0500. The summed E-state index contributed by atoms with van der Waals surface area (Å²) in [6.45, 7) is 0.